The lowest BCUT2D eigenvalue weighted by atomic mass is 9.66. The number of piperidine rings is 1. The Labute approximate surface area is 185 Å². The van der Waals surface area contributed by atoms with Gasteiger partial charge in [0.15, 0.2) is 0 Å². The zero-order valence-corrected chi connectivity index (χ0v) is 18.9. The van der Waals surface area contributed by atoms with Gasteiger partial charge in [-0.05, 0) is 50.8 Å². The van der Waals surface area contributed by atoms with E-state index in [4.69, 9.17) is 4.74 Å². The van der Waals surface area contributed by atoms with Crippen molar-refractivity contribution in [3.63, 3.8) is 0 Å². The first-order chi connectivity index (χ1) is 14.9. The predicted molar refractivity (Wildman–Crippen MR) is 123 cm³/mol. The van der Waals surface area contributed by atoms with Gasteiger partial charge in [-0.25, -0.2) is 0 Å². The van der Waals surface area contributed by atoms with Gasteiger partial charge < -0.3 is 15.2 Å². The van der Waals surface area contributed by atoms with Crippen LogP contribution in [0.1, 0.15) is 54.8 Å². The number of aryl methyl sites for hydroxylation is 2. The quantitative estimate of drug-likeness (QED) is 0.738. The fraction of sp³-hybridized carbons (Fsp3) is 0.500. The standard InChI is InChI=1S/C26H34N2O3/c1-18-11-12-22(19(2)16-18)27-24(29)17-28-15-14-26(30)13-7-6-9-21(26)25(28)20-8-4-5-10-23(20)31-3/h4-5,8,10-12,16,21,25,30H,6-7,9,13-15,17H2,1-3H3,(H,27,29)/t21-,25+,26+/m0/s1. The minimum absolute atomic E-state index is 0.0203. The molecule has 2 fully saturated rings. The average molecular weight is 423 g/mol. The third-order valence-electron chi connectivity index (χ3n) is 7.13. The molecule has 0 spiro atoms. The van der Waals surface area contributed by atoms with Gasteiger partial charge in [-0.3, -0.25) is 9.69 Å². The highest BCUT2D eigenvalue weighted by Crippen LogP contribution is 2.50. The van der Waals surface area contributed by atoms with Gasteiger partial charge in [0, 0.05) is 29.8 Å². The molecule has 0 unspecified atom stereocenters. The maximum atomic E-state index is 13.0. The minimum Gasteiger partial charge on any atom is -0.496 e. The largest absolute Gasteiger partial charge is 0.496 e. The minimum atomic E-state index is -0.662. The number of benzene rings is 2. The summed E-state index contributed by atoms with van der Waals surface area (Å²) in [6, 6.07) is 14.1. The summed E-state index contributed by atoms with van der Waals surface area (Å²) in [7, 11) is 1.69. The van der Waals surface area contributed by atoms with Crippen molar-refractivity contribution in [3.8, 4) is 5.75 Å². The Kier molecular flexibility index (Phi) is 6.35. The van der Waals surface area contributed by atoms with E-state index < -0.39 is 5.60 Å². The van der Waals surface area contributed by atoms with Crippen LogP contribution in [-0.4, -0.2) is 41.7 Å². The molecule has 1 aliphatic heterocycles. The van der Waals surface area contributed by atoms with Crippen LogP contribution < -0.4 is 10.1 Å². The summed E-state index contributed by atoms with van der Waals surface area (Å²) < 4.78 is 5.68. The van der Waals surface area contributed by atoms with E-state index in [-0.39, 0.29) is 17.9 Å². The third-order valence-corrected chi connectivity index (χ3v) is 7.13. The molecule has 0 bridgehead atoms. The van der Waals surface area contributed by atoms with Crippen LogP contribution in [-0.2, 0) is 4.79 Å². The number of ether oxygens (including phenoxy) is 1. The van der Waals surface area contributed by atoms with Gasteiger partial charge in [0.2, 0.25) is 5.91 Å². The molecule has 5 heteroatoms. The molecule has 166 valence electrons. The van der Waals surface area contributed by atoms with Crippen LogP contribution in [0, 0.1) is 19.8 Å². The summed E-state index contributed by atoms with van der Waals surface area (Å²) in [4.78, 5) is 15.3. The molecule has 2 aliphatic rings. The second-order valence-electron chi connectivity index (χ2n) is 9.23. The number of hydrogen-bond donors (Lipinski definition) is 2. The van der Waals surface area contributed by atoms with Gasteiger partial charge in [0.05, 0.1) is 19.3 Å². The summed E-state index contributed by atoms with van der Waals surface area (Å²) in [5, 5.41) is 14.6. The summed E-state index contributed by atoms with van der Waals surface area (Å²) >= 11 is 0. The summed E-state index contributed by atoms with van der Waals surface area (Å²) in [5.74, 6) is 0.899. The molecule has 1 aliphatic carbocycles. The molecule has 1 amide bonds. The zero-order chi connectivity index (χ0) is 22.0. The molecular formula is C26H34N2O3. The third kappa shape index (κ3) is 4.48. The number of amides is 1. The van der Waals surface area contributed by atoms with Crippen molar-refractivity contribution < 1.29 is 14.6 Å². The van der Waals surface area contributed by atoms with Crippen molar-refractivity contribution in [1.29, 1.82) is 0 Å². The number of anilines is 1. The predicted octanol–water partition coefficient (Wildman–Crippen LogP) is 4.62. The smallest absolute Gasteiger partial charge is 0.238 e. The molecular weight excluding hydrogens is 388 g/mol. The Morgan fingerprint density at radius 2 is 2.00 bits per heavy atom. The van der Waals surface area contributed by atoms with Gasteiger partial charge >= 0.3 is 0 Å². The Morgan fingerprint density at radius 3 is 2.77 bits per heavy atom. The number of fused-ring (bicyclic) bond motifs is 1. The topological polar surface area (TPSA) is 61.8 Å². The Balaban J connectivity index is 1.61. The second kappa shape index (κ2) is 9.01. The molecule has 2 aromatic rings. The molecule has 1 saturated heterocycles. The number of rotatable bonds is 5. The SMILES string of the molecule is COc1ccccc1[C@@H]1[C@@H]2CCCC[C@@]2(O)CCN1CC(=O)Nc1ccc(C)cc1C. The van der Waals surface area contributed by atoms with Crippen molar-refractivity contribution in [3.05, 3.63) is 59.2 Å². The second-order valence-corrected chi connectivity index (χ2v) is 9.23. The molecule has 2 N–H and O–H groups in total. The number of nitrogens with one attached hydrogen (secondary N) is 1. The molecule has 4 rings (SSSR count). The maximum absolute atomic E-state index is 13.0. The van der Waals surface area contributed by atoms with Gasteiger partial charge in [-0.1, -0.05) is 48.7 Å². The first-order valence-corrected chi connectivity index (χ1v) is 11.4. The lowest BCUT2D eigenvalue weighted by Gasteiger charge is -2.52. The normalized spacial score (nSPS) is 26.2. The van der Waals surface area contributed by atoms with Crippen molar-refractivity contribution in [2.75, 3.05) is 25.5 Å². The number of carbonyl (C=O) groups excluding carboxylic acids is 1. The summed E-state index contributed by atoms with van der Waals surface area (Å²) in [6.07, 6.45) is 4.69. The Hall–Kier alpha value is -2.37. The van der Waals surface area contributed by atoms with Crippen LogP contribution in [0.5, 0.6) is 5.75 Å². The molecule has 5 nitrogen and oxygen atoms in total. The van der Waals surface area contributed by atoms with E-state index in [1.807, 2.05) is 37.3 Å². The van der Waals surface area contributed by atoms with E-state index in [0.717, 1.165) is 48.2 Å². The molecule has 0 radical (unpaired) electrons. The zero-order valence-electron chi connectivity index (χ0n) is 18.9. The average Bonchev–Trinajstić information content (AvgIpc) is 2.75. The number of methoxy groups -OCH3 is 1. The molecule has 2 aromatic carbocycles. The van der Waals surface area contributed by atoms with Crippen molar-refractivity contribution in [2.45, 2.75) is 57.6 Å². The Bertz CT molecular complexity index is 944. The fourth-order valence-electron chi connectivity index (χ4n) is 5.57. The highest BCUT2D eigenvalue weighted by Gasteiger charge is 2.49. The van der Waals surface area contributed by atoms with Crippen molar-refractivity contribution in [1.82, 2.24) is 4.90 Å². The number of likely N-dealkylation sites (tertiary alicyclic amines) is 1. The molecule has 1 saturated carbocycles. The molecule has 3 atom stereocenters. The highest BCUT2D eigenvalue weighted by atomic mass is 16.5. The lowest BCUT2D eigenvalue weighted by Crippen LogP contribution is -2.56. The van der Waals surface area contributed by atoms with Crippen LogP contribution in [0.2, 0.25) is 0 Å². The number of para-hydroxylation sites is 1. The number of nitrogens with zero attached hydrogens (tertiary/aromatic N) is 1. The van der Waals surface area contributed by atoms with Crippen LogP contribution in [0.15, 0.2) is 42.5 Å². The molecule has 1 heterocycles. The van der Waals surface area contributed by atoms with Crippen LogP contribution in [0.4, 0.5) is 5.69 Å². The maximum Gasteiger partial charge on any atom is 0.238 e. The first kappa shape index (κ1) is 21.8. The van der Waals surface area contributed by atoms with Crippen molar-refractivity contribution in [2.24, 2.45) is 5.92 Å². The van der Waals surface area contributed by atoms with E-state index in [0.29, 0.717) is 19.5 Å². The fourth-order valence-corrected chi connectivity index (χ4v) is 5.57. The van der Waals surface area contributed by atoms with Crippen LogP contribution in [0.3, 0.4) is 0 Å². The van der Waals surface area contributed by atoms with E-state index in [1.165, 1.54) is 5.56 Å². The van der Waals surface area contributed by atoms with Crippen LogP contribution in [0.25, 0.3) is 0 Å². The van der Waals surface area contributed by atoms with Gasteiger partial charge in [-0.15, -0.1) is 0 Å². The lowest BCUT2D eigenvalue weighted by molar-refractivity contribution is -0.135. The van der Waals surface area contributed by atoms with Gasteiger partial charge in [0.1, 0.15) is 5.75 Å². The van der Waals surface area contributed by atoms with Gasteiger partial charge in [0.25, 0.3) is 0 Å². The van der Waals surface area contributed by atoms with E-state index in [2.05, 4.69) is 29.3 Å². The summed E-state index contributed by atoms with van der Waals surface area (Å²) in [5.41, 5.74) is 3.50. The number of carbonyl (C=O) groups is 1. The van der Waals surface area contributed by atoms with Gasteiger partial charge in [-0.2, -0.15) is 0 Å². The highest BCUT2D eigenvalue weighted by molar-refractivity contribution is 5.93. The number of hydrogen-bond acceptors (Lipinski definition) is 4. The summed E-state index contributed by atoms with van der Waals surface area (Å²) in [6.45, 7) is 5.05. The van der Waals surface area contributed by atoms with Crippen LogP contribution >= 0.6 is 0 Å². The van der Waals surface area contributed by atoms with E-state index in [9.17, 15) is 9.90 Å². The first-order valence-electron chi connectivity index (χ1n) is 11.4. The monoisotopic (exact) mass is 422 g/mol. The molecule has 0 aromatic heterocycles. The van der Waals surface area contributed by atoms with Crippen molar-refractivity contribution >= 4 is 11.6 Å². The van der Waals surface area contributed by atoms with E-state index in [1.54, 1.807) is 7.11 Å². The molecule has 31 heavy (non-hydrogen) atoms. The van der Waals surface area contributed by atoms with E-state index >= 15 is 0 Å². The Morgan fingerprint density at radius 1 is 1.19 bits per heavy atom. The number of aliphatic hydroxyl groups is 1.